The van der Waals surface area contributed by atoms with E-state index in [9.17, 15) is 5.11 Å². The fourth-order valence-electron chi connectivity index (χ4n) is 1.77. The van der Waals surface area contributed by atoms with Crippen LogP contribution in [0.2, 0.25) is 0 Å². The summed E-state index contributed by atoms with van der Waals surface area (Å²) in [6.45, 7) is 10.2. The van der Waals surface area contributed by atoms with Gasteiger partial charge in [0.05, 0.1) is 13.2 Å². The van der Waals surface area contributed by atoms with Crippen molar-refractivity contribution in [2.45, 2.75) is 32.7 Å². The lowest BCUT2D eigenvalue weighted by Gasteiger charge is -2.14. The molecule has 1 rings (SSSR count). The molecule has 3 nitrogen and oxygen atoms in total. The highest BCUT2D eigenvalue weighted by Gasteiger charge is 2.02. The molecule has 3 heteroatoms. The Labute approximate surface area is 116 Å². The van der Waals surface area contributed by atoms with Crippen LogP contribution in [0.3, 0.4) is 0 Å². The summed E-state index contributed by atoms with van der Waals surface area (Å²) >= 11 is 0. The molecule has 0 radical (unpaired) electrons. The van der Waals surface area contributed by atoms with Crippen LogP contribution in [0.15, 0.2) is 36.4 Å². The van der Waals surface area contributed by atoms with Crippen LogP contribution < -0.4 is 5.32 Å². The van der Waals surface area contributed by atoms with Gasteiger partial charge in [0.1, 0.15) is 5.75 Å². The molecular weight excluding hydrogens is 238 g/mol. The van der Waals surface area contributed by atoms with E-state index in [1.54, 1.807) is 12.1 Å². The lowest BCUT2D eigenvalue weighted by Crippen LogP contribution is -2.30. The summed E-state index contributed by atoms with van der Waals surface area (Å²) in [6.07, 6.45) is 2.09. The minimum absolute atomic E-state index is 0.324. The number of benzene rings is 1. The SMILES string of the molecule is C=C(C)COCCNC(C)CCc1ccc(O)cc1. The van der Waals surface area contributed by atoms with E-state index in [0.717, 1.165) is 31.6 Å². The molecule has 0 aliphatic heterocycles. The second-order valence-corrected chi connectivity index (χ2v) is 5.07. The van der Waals surface area contributed by atoms with Crippen LogP contribution in [0.4, 0.5) is 0 Å². The Kier molecular flexibility index (Phi) is 7.23. The number of aryl methyl sites for hydroxylation is 1. The molecule has 1 atom stereocenters. The van der Waals surface area contributed by atoms with Gasteiger partial charge in [0.25, 0.3) is 0 Å². The molecule has 1 aromatic rings. The summed E-state index contributed by atoms with van der Waals surface area (Å²) in [5.41, 5.74) is 2.31. The third kappa shape index (κ3) is 7.65. The van der Waals surface area contributed by atoms with Gasteiger partial charge in [0, 0.05) is 12.6 Å². The van der Waals surface area contributed by atoms with Gasteiger partial charge in [0.15, 0.2) is 0 Å². The molecule has 0 saturated heterocycles. The molecule has 1 aromatic carbocycles. The fourth-order valence-corrected chi connectivity index (χ4v) is 1.77. The zero-order valence-corrected chi connectivity index (χ0v) is 12.0. The molecule has 1 unspecified atom stereocenters. The summed E-state index contributed by atoms with van der Waals surface area (Å²) < 4.78 is 5.43. The van der Waals surface area contributed by atoms with Gasteiger partial charge >= 0.3 is 0 Å². The van der Waals surface area contributed by atoms with Gasteiger partial charge in [-0.1, -0.05) is 24.3 Å². The van der Waals surface area contributed by atoms with Crippen LogP contribution in [0, 0.1) is 0 Å². The molecule has 0 heterocycles. The number of nitrogens with one attached hydrogen (secondary N) is 1. The maximum Gasteiger partial charge on any atom is 0.115 e. The number of hydrogen-bond donors (Lipinski definition) is 2. The molecule has 0 spiro atoms. The van der Waals surface area contributed by atoms with Crippen molar-refractivity contribution in [1.29, 1.82) is 0 Å². The van der Waals surface area contributed by atoms with E-state index in [1.807, 2.05) is 19.1 Å². The summed E-state index contributed by atoms with van der Waals surface area (Å²) in [4.78, 5) is 0. The van der Waals surface area contributed by atoms with Crippen LogP contribution in [-0.2, 0) is 11.2 Å². The molecule has 0 fully saturated rings. The zero-order valence-electron chi connectivity index (χ0n) is 12.0. The standard InChI is InChI=1S/C16H25NO2/c1-13(2)12-19-11-10-17-14(3)4-5-15-6-8-16(18)9-7-15/h6-9,14,17-18H,1,4-5,10-12H2,2-3H3. The quantitative estimate of drug-likeness (QED) is 0.532. The Bertz CT molecular complexity index is 373. The topological polar surface area (TPSA) is 41.5 Å². The van der Waals surface area contributed by atoms with Crippen molar-refractivity contribution in [3.05, 3.63) is 42.0 Å². The van der Waals surface area contributed by atoms with Crippen molar-refractivity contribution in [2.24, 2.45) is 0 Å². The number of aromatic hydroxyl groups is 1. The van der Waals surface area contributed by atoms with Gasteiger partial charge in [-0.15, -0.1) is 0 Å². The summed E-state index contributed by atoms with van der Waals surface area (Å²) in [6, 6.07) is 7.87. The van der Waals surface area contributed by atoms with E-state index >= 15 is 0 Å². The van der Waals surface area contributed by atoms with Gasteiger partial charge in [-0.2, -0.15) is 0 Å². The van der Waals surface area contributed by atoms with Crippen LogP contribution in [0.25, 0.3) is 0 Å². The van der Waals surface area contributed by atoms with Crippen molar-refractivity contribution in [2.75, 3.05) is 19.8 Å². The van der Waals surface area contributed by atoms with Crippen molar-refractivity contribution >= 4 is 0 Å². The molecule has 19 heavy (non-hydrogen) atoms. The number of phenolic OH excluding ortho intramolecular Hbond substituents is 1. The second-order valence-electron chi connectivity index (χ2n) is 5.07. The van der Waals surface area contributed by atoms with Crippen molar-refractivity contribution in [3.63, 3.8) is 0 Å². The molecule has 0 amide bonds. The Balaban J connectivity index is 2.09. The predicted molar refractivity (Wildman–Crippen MR) is 79.5 cm³/mol. The first-order valence-electron chi connectivity index (χ1n) is 6.81. The zero-order chi connectivity index (χ0) is 14.1. The van der Waals surface area contributed by atoms with Gasteiger partial charge in [-0.05, 0) is 44.4 Å². The van der Waals surface area contributed by atoms with E-state index < -0.39 is 0 Å². The largest absolute Gasteiger partial charge is 0.508 e. The Hall–Kier alpha value is -1.32. The normalized spacial score (nSPS) is 12.3. The van der Waals surface area contributed by atoms with Gasteiger partial charge < -0.3 is 15.2 Å². The van der Waals surface area contributed by atoms with E-state index in [4.69, 9.17) is 4.74 Å². The number of phenols is 1. The lowest BCUT2D eigenvalue weighted by atomic mass is 10.1. The van der Waals surface area contributed by atoms with Crippen LogP contribution in [0.1, 0.15) is 25.8 Å². The minimum atomic E-state index is 0.324. The fraction of sp³-hybridized carbons (Fsp3) is 0.500. The van der Waals surface area contributed by atoms with Gasteiger partial charge in [-0.25, -0.2) is 0 Å². The van der Waals surface area contributed by atoms with E-state index in [-0.39, 0.29) is 0 Å². The first kappa shape index (κ1) is 15.7. The van der Waals surface area contributed by atoms with Gasteiger partial charge in [0.2, 0.25) is 0 Å². The number of hydrogen-bond acceptors (Lipinski definition) is 3. The number of rotatable bonds is 9. The van der Waals surface area contributed by atoms with E-state index in [2.05, 4.69) is 18.8 Å². The average molecular weight is 263 g/mol. The van der Waals surface area contributed by atoms with E-state index in [1.165, 1.54) is 5.56 Å². The summed E-state index contributed by atoms with van der Waals surface area (Å²) in [7, 11) is 0. The van der Waals surface area contributed by atoms with Crippen molar-refractivity contribution in [3.8, 4) is 5.75 Å². The smallest absolute Gasteiger partial charge is 0.115 e. The molecule has 0 aromatic heterocycles. The molecule has 106 valence electrons. The maximum atomic E-state index is 9.21. The molecular formula is C16H25NO2. The molecule has 0 bridgehead atoms. The predicted octanol–water partition coefficient (Wildman–Crippen LogP) is 2.90. The lowest BCUT2D eigenvalue weighted by molar-refractivity contribution is 0.155. The third-order valence-corrected chi connectivity index (χ3v) is 2.89. The van der Waals surface area contributed by atoms with Crippen LogP contribution in [-0.4, -0.2) is 30.9 Å². The van der Waals surface area contributed by atoms with Crippen LogP contribution >= 0.6 is 0 Å². The highest BCUT2D eigenvalue weighted by atomic mass is 16.5. The first-order valence-corrected chi connectivity index (χ1v) is 6.81. The Morgan fingerprint density at radius 2 is 2.05 bits per heavy atom. The Morgan fingerprint density at radius 1 is 1.37 bits per heavy atom. The van der Waals surface area contributed by atoms with Crippen molar-refractivity contribution < 1.29 is 9.84 Å². The molecule has 0 aliphatic carbocycles. The summed E-state index contributed by atoms with van der Waals surface area (Å²) in [5.74, 6) is 0.324. The van der Waals surface area contributed by atoms with Gasteiger partial charge in [-0.3, -0.25) is 0 Å². The average Bonchev–Trinajstić information content (AvgIpc) is 2.37. The molecule has 2 N–H and O–H groups in total. The summed E-state index contributed by atoms with van der Waals surface area (Å²) in [5, 5.41) is 12.6. The highest BCUT2D eigenvalue weighted by Crippen LogP contribution is 2.11. The number of ether oxygens (including phenoxy) is 1. The third-order valence-electron chi connectivity index (χ3n) is 2.89. The van der Waals surface area contributed by atoms with Crippen LogP contribution in [0.5, 0.6) is 5.75 Å². The monoisotopic (exact) mass is 263 g/mol. The Morgan fingerprint density at radius 3 is 2.68 bits per heavy atom. The van der Waals surface area contributed by atoms with E-state index in [0.29, 0.717) is 18.4 Å². The maximum absolute atomic E-state index is 9.21. The minimum Gasteiger partial charge on any atom is -0.508 e. The molecule has 0 saturated carbocycles. The second kappa shape index (κ2) is 8.73. The molecule has 0 aliphatic rings. The highest BCUT2D eigenvalue weighted by molar-refractivity contribution is 5.25. The van der Waals surface area contributed by atoms with Crippen molar-refractivity contribution in [1.82, 2.24) is 5.32 Å². The first-order chi connectivity index (χ1) is 9.08.